The van der Waals surface area contributed by atoms with Gasteiger partial charge < -0.3 is 15.3 Å². The van der Waals surface area contributed by atoms with E-state index in [1.54, 1.807) is 12.1 Å². The molecule has 0 atom stereocenters. The number of benzene rings is 1. The fourth-order valence-corrected chi connectivity index (χ4v) is 3.09. The van der Waals surface area contributed by atoms with Crippen LogP contribution in [0.3, 0.4) is 0 Å². The number of hydrogen-bond donors (Lipinski definition) is 2. The Hall–Kier alpha value is -1.77. The van der Waals surface area contributed by atoms with Crippen LogP contribution in [0.2, 0.25) is 0 Å². The Kier molecular flexibility index (Phi) is 10.3. The number of guanidine groups is 1. The molecule has 0 radical (unpaired) electrons. The lowest BCUT2D eigenvalue weighted by Crippen LogP contribution is -2.38. The summed E-state index contributed by atoms with van der Waals surface area (Å²) in [5.74, 6) is 1.63. The summed E-state index contributed by atoms with van der Waals surface area (Å²) in [6, 6.07) is 7.39. The van der Waals surface area contributed by atoms with Gasteiger partial charge in [-0.15, -0.1) is 24.0 Å². The van der Waals surface area contributed by atoms with Crippen LogP contribution in [0.4, 0.5) is 0 Å². The summed E-state index contributed by atoms with van der Waals surface area (Å²) in [6.07, 6.45) is 4.02. The third-order valence-corrected chi connectivity index (χ3v) is 4.41. The van der Waals surface area contributed by atoms with E-state index < -0.39 is 0 Å². The van der Waals surface area contributed by atoms with Gasteiger partial charge >= 0.3 is 0 Å². The second kappa shape index (κ2) is 11.9. The van der Waals surface area contributed by atoms with Crippen LogP contribution in [0, 0.1) is 0 Å². The van der Waals surface area contributed by atoms with E-state index in [1.807, 2.05) is 23.9 Å². The van der Waals surface area contributed by atoms with Crippen molar-refractivity contribution in [3.63, 3.8) is 0 Å². The Morgan fingerprint density at radius 1 is 1.29 bits per heavy atom. The van der Waals surface area contributed by atoms with E-state index in [1.165, 1.54) is 11.1 Å². The van der Waals surface area contributed by atoms with Crippen molar-refractivity contribution in [1.29, 1.82) is 0 Å². The number of rotatable bonds is 8. The molecule has 0 fully saturated rings. The summed E-state index contributed by atoms with van der Waals surface area (Å²) < 4.78 is 1.89. The summed E-state index contributed by atoms with van der Waals surface area (Å²) in [5.41, 5.74) is 3.61. The molecular formula is C21H34IN5O. The first-order valence-corrected chi connectivity index (χ1v) is 9.70. The molecule has 1 heterocycles. The maximum absolute atomic E-state index is 9.36. The van der Waals surface area contributed by atoms with Gasteiger partial charge in [-0.2, -0.15) is 5.10 Å². The maximum Gasteiger partial charge on any atom is 0.193 e. The van der Waals surface area contributed by atoms with Gasteiger partial charge in [0, 0.05) is 45.5 Å². The second-order valence-corrected chi connectivity index (χ2v) is 7.23. The summed E-state index contributed by atoms with van der Waals surface area (Å²) in [6.45, 7) is 8.82. The lowest BCUT2D eigenvalue weighted by molar-refractivity contribution is 0.473. The van der Waals surface area contributed by atoms with E-state index in [-0.39, 0.29) is 24.0 Å². The molecule has 0 bridgehead atoms. The van der Waals surface area contributed by atoms with Gasteiger partial charge in [-0.05, 0) is 43.4 Å². The molecule has 0 aliphatic rings. The van der Waals surface area contributed by atoms with E-state index in [0.717, 1.165) is 44.1 Å². The second-order valence-electron chi connectivity index (χ2n) is 7.23. The van der Waals surface area contributed by atoms with Crippen LogP contribution in [-0.4, -0.2) is 45.9 Å². The number of nitrogens with zero attached hydrogens (tertiary/aromatic N) is 4. The first kappa shape index (κ1) is 24.3. The molecule has 0 unspecified atom stereocenters. The van der Waals surface area contributed by atoms with Crippen LogP contribution in [0.15, 0.2) is 35.5 Å². The van der Waals surface area contributed by atoms with E-state index in [9.17, 15) is 5.11 Å². The van der Waals surface area contributed by atoms with E-state index in [0.29, 0.717) is 11.7 Å². The Labute approximate surface area is 186 Å². The zero-order valence-corrected chi connectivity index (χ0v) is 20.0. The predicted molar refractivity (Wildman–Crippen MR) is 127 cm³/mol. The van der Waals surface area contributed by atoms with E-state index in [2.05, 4.69) is 49.3 Å². The normalized spacial score (nSPS) is 11.4. The molecular weight excluding hydrogens is 465 g/mol. The molecule has 0 amide bonds. The van der Waals surface area contributed by atoms with Gasteiger partial charge in [0.2, 0.25) is 0 Å². The van der Waals surface area contributed by atoms with Crippen LogP contribution in [0.1, 0.15) is 49.9 Å². The number of aryl methyl sites for hydroxylation is 2. The molecule has 1 aromatic carbocycles. The summed E-state index contributed by atoms with van der Waals surface area (Å²) in [7, 11) is 4.04. The fraction of sp³-hybridized carbons (Fsp3) is 0.524. The summed E-state index contributed by atoms with van der Waals surface area (Å²) in [5, 5.41) is 17.3. The van der Waals surface area contributed by atoms with Gasteiger partial charge in [0.25, 0.3) is 0 Å². The van der Waals surface area contributed by atoms with Gasteiger partial charge in [0.15, 0.2) is 5.96 Å². The van der Waals surface area contributed by atoms with Gasteiger partial charge in [-0.1, -0.05) is 26.0 Å². The zero-order valence-electron chi connectivity index (χ0n) is 17.6. The van der Waals surface area contributed by atoms with Crippen LogP contribution in [0.25, 0.3) is 0 Å². The summed E-state index contributed by atoms with van der Waals surface area (Å²) >= 11 is 0. The number of nitrogens with one attached hydrogen (secondary N) is 1. The topological polar surface area (TPSA) is 65.7 Å². The Morgan fingerprint density at radius 2 is 1.96 bits per heavy atom. The highest BCUT2D eigenvalue weighted by Crippen LogP contribution is 2.18. The van der Waals surface area contributed by atoms with Gasteiger partial charge in [0.05, 0.1) is 5.69 Å². The highest BCUT2D eigenvalue weighted by Gasteiger charge is 2.15. The molecule has 0 spiro atoms. The minimum Gasteiger partial charge on any atom is -0.508 e. The highest BCUT2D eigenvalue weighted by atomic mass is 127. The van der Waals surface area contributed by atoms with Crippen LogP contribution in [0.5, 0.6) is 5.75 Å². The minimum absolute atomic E-state index is 0. The van der Waals surface area contributed by atoms with Crippen molar-refractivity contribution in [2.45, 2.75) is 46.1 Å². The molecule has 0 aliphatic carbocycles. The molecule has 1 aromatic heterocycles. The predicted octanol–water partition coefficient (Wildman–Crippen LogP) is 3.90. The molecule has 156 valence electrons. The molecule has 0 saturated carbocycles. The Balaban J connectivity index is 0.00000392. The van der Waals surface area contributed by atoms with Crippen LogP contribution >= 0.6 is 24.0 Å². The van der Waals surface area contributed by atoms with Crippen molar-refractivity contribution >= 4 is 29.9 Å². The zero-order chi connectivity index (χ0) is 19.8. The van der Waals surface area contributed by atoms with Crippen molar-refractivity contribution in [3.05, 3.63) is 47.3 Å². The largest absolute Gasteiger partial charge is 0.508 e. The third-order valence-electron chi connectivity index (χ3n) is 4.41. The average Bonchev–Trinajstić information content (AvgIpc) is 2.99. The maximum atomic E-state index is 9.36. The van der Waals surface area contributed by atoms with Crippen molar-refractivity contribution < 1.29 is 5.11 Å². The van der Waals surface area contributed by atoms with Gasteiger partial charge in [-0.25, -0.2) is 0 Å². The molecule has 2 rings (SSSR count). The monoisotopic (exact) mass is 499 g/mol. The fourth-order valence-electron chi connectivity index (χ4n) is 3.09. The first-order valence-electron chi connectivity index (χ1n) is 9.70. The molecule has 2 N–H and O–H groups in total. The van der Waals surface area contributed by atoms with Crippen molar-refractivity contribution in [2.75, 3.05) is 20.1 Å². The summed E-state index contributed by atoms with van der Waals surface area (Å²) in [4.78, 5) is 6.94. The number of hydrogen-bond acceptors (Lipinski definition) is 3. The molecule has 6 nitrogen and oxygen atoms in total. The molecule has 7 heteroatoms. The molecule has 0 saturated heterocycles. The van der Waals surface area contributed by atoms with Crippen molar-refractivity contribution in [1.82, 2.24) is 20.0 Å². The number of phenolic OH excluding ortho intramolecular Hbond substituents is 1. The SMILES string of the molecule is CCNC(=NCCCc1ccc(O)cc1)N(C)Cc1cn(C)nc1C(C)C.I. The Bertz CT molecular complexity index is 740. The van der Waals surface area contributed by atoms with E-state index in [4.69, 9.17) is 4.99 Å². The quantitative estimate of drug-likeness (QED) is 0.250. The number of phenols is 1. The van der Waals surface area contributed by atoms with Gasteiger partial charge in [0.1, 0.15) is 5.75 Å². The van der Waals surface area contributed by atoms with Crippen LogP contribution < -0.4 is 5.32 Å². The van der Waals surface area contributed by atoms with Crippen LogP contribution in [-0.2, 0) is 20.0 Å². The van der Waals surface area contributed by atoms with Crippen molar-refractivity contribution in [3.8, 4) is 5.75 Å². The minimum atomic E-state index is 0. The first-order chi connectivity index (χ1) is 12.9. The van der Waals surface area contributed by atoms with Crippen molar-refractivity contribution in [2.24, 2.45) is 12.0 Å². The lowest BCUT2D eigenvalue weighted by Gasteiger charge is -2.22. The Morgan fingerprint density at radius 3 is 2.57 bits per heavy atom. The van der Waals surface area contributed by atoms with Gasteiger partial charge in [-0.3, -0.25) is 9.67 Å². The average molecular weight is 499 g/mol. The molecule has 2 aromatic rings. The molecule has 0 aliphatic heterocycles. The third kappa shape index (κ3) is 7.33. The number of aromatic hydroxyl groups is 1. The highest BCUT2D eigenvalue weighted by molar-refractivity contribution is 14.0. The smallest absolute Gasteiger partial charge is 0.193 e. The number of halogens is 1. The lowest BCUT2D eigenvalue weighted by atomic mass is 10.1. The standard InChI is InChI=1S/C21H33N5O.HI/c1-6-22-21(23-13-7-8-17-9-11-19(27)12-10-17)25(4)14-18-15-26(5)24-20(18)16(2)3;/h9-12,15-16,27H,6-8,13-14H2,1-5H3,(H,22,23);1H. The van der Waals surface area contributed by atoms with E-state index >= 15 is 0 Å². The molecule has 28 heavy (non-hydrogen) atoms. The number of aromatic nitrogens is 2. The number of aliphatic imine (C=N–C) groups is 1.